The second-order valence-corrected chi connectivity index (χ2v) is 5.11. The Morgan fingerprint density at radius 3 is 1.04 bits per heavy atom. The topological polar surface area (TPSA) is 213 Å². The maximum absolute atomic E-state index is 10.7. The van der Waals surface area contributed by atoms with Crippen LogP contribution in [0, 0.1) is 5.41 Å². The number of carbonyl (C=O) groups is 4. The predicted octanol–water partition coefficient (Wildman–Crippen LogP) is -18.4. The summed E-state index contributed by atoms with van der Waals surface area (Å²) in [6.07, 6.45) is -4.71. The average molecular weight is 330 g/mol. The molecule has 0 saturated carbocycles. The molecule has 0 aliphatic rings. The summed E-state index contributed by atoms with van der Waals surface area (Å²) in [6.45, 7) is 0. The van der Waals surface area contributed by atoms with Crippen LogP contribution in [0.25, 0.3) is 0 Å². The van der Waals surface area contributed by atoms with Gasteiger partial charge in [-0.05, 0) is 31.1 Å². The maximum Gasteiger partial charge on any atom is 1.00 e. The summed E-state index contributed by atoms with van der Waals surface area (Å²) < 4.78 is 0. The van der Waals surface area contributed by atoms with Crippen LogP contribution in [0.2, 0.25) is 0 Å². The van der Waals surface area contributed by atoms with Crippen LogP contribution in [-0.4, -0.2) is 29.5 Å². The predicted molar refractivity (Wildman–Crippen MR) is 56.7 cm³/mol. The third kappa shape index (κ3) is 17.4. The summed E-state index contributed by atoms with van der Waals surface area (Å²) in [5, 5.41) is 42.7. The molecule has 0 aliphatic heterocycles. The maximum atomic E-state index is 10.7. The van der Waals surface area contributed by atoms with Crippen molar-refractivity contribution in [3.8, 4) is 0 Å². The summed E-state index contributed by atoms with van der Waals surface area (Å²) in [4.78, 5) is 42.7. The van der Waals surface area contributed by atoms with E-state index in [1.165, 1.54) is 0 Å². The number of nitrogens with two attached hydrogens (primary N) is 2. The normalized spacial score (nSPS) is 10.0. The molecule has 0 heterocycles. The van der Waals surface area contributed by atoms with Crippen molar-refractivity contribution in [2.45, 2.75) is 37.8 Å². The minimum Gasteiger partial charge on any atom is -0.550 e. The Bertz CT molecular complexity index is 421. The van der Waals surface area contributed by atoms with Gasteiger partial charge in [-0.1, -0.05) is 0 Å². The van der Waals surface area contributed by atoms with Crippen LogP contribution < -0.4 is 107 Å². The van der Waals surface area contributed by atoms with Crippen LogP contribution in [0.5, 0.6) is 0 Å². The first kappa shape index (κ1) is 36.2. The SMILES string of the molecule is NC(N)(CC(=O)[O-])CC(CC(=O)[O-])(CC(=O)[O-])CC(=O)[O-].[Li+].[Li+].[Li+].[Li+]. The van der Waals surface area contributed by atoms with Crippen molar-refractivity contribution in [2.24, 2.45) is 16.9 Å². The van der Waals surface area contributed by atoms with Crippen molar-refractivity contribution in [1.29, 1.82) is 0 Å². The van der Waals surface area contributed by atoms with Gasteiger partial charge in [0.25, 0.3) is 0 Å². The molecule has 14 heteroatoms. The van der Waals surface area contributed by atoms with E-state index in [9.17, 15) is 39.6 Å². The Morgan fingerprint density at radius 1 is 0.600 bits per heavy atom. The smallest absolute Gasteiger partial charge is 0.550 e. The van der Waals surface area contributed by atoms with Crippen molar-refractivity contribution in [3.63, 3.8) is 0 Å². The fourth-order valence-corrected chi connectivity index (χ4v) is 2.32. The van der Waals surface area contributed by atoms with Gasteiger partial charge in [0.05, 0.1) is 5.66 Å². The zero-order chi connectivity index (χ0) is 16.8. The molecule has 0 aromatic heterocycles. The number of hydrogen-bond acceptors (Lipinski definition) is 10. The monoisotopic (exact) mass is 330 g/mol. The van der Waals surface area contributed by atoms with Gasteiger partial charge in [0.2, 0.25) is 0 Å². The summed E-state index contributed by atoms with van der Waals surface area (Å²) in [5.41, 5.74) is 6.83. The van der Waals surface area contributed by atoms with Crippen LogP contribution in [0.15, 0.2) is 0 Å². The molecule has 0 amide bonds. The average Bonchev–Trinajstić information content (AvgIpc) is 2.07. The zero-order valence-corrected chi connectivity index (χ0v) is 15.0. The molecule has 0 bridgehead atoms. The first-order valence-corrected chi connectivity index (χ1v) is 5.75. The summed E-state index contributed by atoms with van der Waals surface area (Å²) in [7, 11) is 0. The Morgan fingerprint density at radius 2 is 0.840 bits per heavy atom. The van der Waals surface area contributed by atoms with Crippen LogP contribution in [0.4, 0.5) is 0 Å². The molecule has 25 heavy (non-hydrogen) atoms. The molecule has 0 spiro atoms. The van der Waals surface area contributed by atoms with Crippen LogP contribution in [0.1, 0.15) is 32.1 Å². The van der Waals surface area contributed by atoms with Crippen molar-refractivity contribution < 1.29 is 115 Å². The molecule has 0 aliphatic carbocycles. The Balaban J connectivity index is -0.000000333. The molecule has 0 rings (SSSR count). The summed E-state index contributed by atoms with van der Waals surface area (Å²) in [6, 6.07) is 0. The number of aliphatic carboxylic acids is 4. The molecule has 0 radical (unpaired) electrons. The van der Waals surface area contributed by atoms with Gasteiger partial charge in [-0.2, -0.15) is 0 Å². The fourth-order valence-electron chi connectivity index (χ4n) is 2.32. The van der Waals surface area contributed by atoms with E-state index in [2.05, 4.69) is 0 Å². The molecule has 4 N–H and O–H groups in total. The van der Waals surface area contributed by atoms with Gasteiger partial charge in [-0.15, -0.1) is 0 Å². The second-order valence-electron chi connectivity index (χ2n) is 5.11. The fraction of sp³-hybridized carbons (Fsp3) is 0.636. The van der Waals surface area contributed by atoms with E-state index >= 15 is 0 Å². The largest absolute Gasteiger partial charge is 1.00 e. The van der Waals surface area contributed by atoms with Gasteiger partial charge in [0, 0.05) is 30.3 Å². The molecule has 0 fully saturated rings. The number of carboxylic acids is 4. The van der Waals surface area contributed by atoms with Gasteiger partial charge < -0.3 is 51.1 Å². The number of rotatable bonds is 10. The van der Waals surface area contributed by atoms with E-state index in [4.69, 9.17) is 11.5 Å². The minimum absolute atomic E-state index is 0. The number of carbonyl (C=O) groups excluding carboxylic acids is 4. The standard InChI is InChI=1S/C11H18N2O8.4Li/c12-11(13,4-9(20)21)5-10(1-6(14)15,2-7(16)17)3-8(18)19;;;;/h1-5,12-13H2,(H,14,15)(H,16,17)(H,18,19)(H,20,21);;;;/q;4*+1/p-4. The molecule has 0 aromatic carbocycles. The number of hydrogen-bond donors (Lipinski definition) is 2. The quantitative estimate of drug-likeness (QED) is 0.285. The Hall–Kier alpha value is 0.190. The van der Waals surface area contributed by atoms with Crippen molar-refractivity contribution >= 4 is 23.9 Å². The van der Waals surface area contributed by atoms with Gasteiger partial charge in [0.15, 0.2) is 0 Å². The van der Waals surface area contributed by atoms with E-state index in [1.54, 1.807) is 0 Å². The number of carboxylic acid groups (broad SMARTS) is 4. The molecule has 0 aromatic rings. The second kappa shape index (κ2) is 15.3. The van der Waals surface area contributed by atoms with Crippen molar-refractivity contribution in [3.05, 3.63) is 0 Å². The Kier molecular flexibility index (Phi) is 22.1. The summed E-state index contributed by atoms with van der Waals surface area (Å²) in [5.74, 6) is -6.91. The summed E-state index contributed by atoms with van der Waals surface area (Å²) >= 11 is 0. The molecular formula is C11H14Li4N2O8. The molecule has 0 unspecified atom stereocenters. The molecule has 0 saturated heterocycles. The van der Waals surface area contributed by atoms with Crippen LogP contribution in [0.3, 0.4) is 0 Å². The van der Waals surface area contributed by atoms with E-state index in [0.29, 0.717) is 0 Å². The first-order valence-electron chi connectivity index (χ1n) is 5.75. The molecule has 0 atom stereocenters. The van der Waals surface area contributed by atoms with Gasteiger partial charge in [0.1, 0.15) is 0 Å². The van der Waals surface area contributed by atoms with E-state index in [-0.39, 0.29) is 75.4 Å². The van der Waals surface area contributed by atoms with Gasteiger partial charge in [-0.25, -0.2) is 0 Å². The van der Waals surface area contributed by atoms with E-state index in [1.807, 2.05) is 0 Å². The van der Waals surface area contributed by atoms with E-state index in [0.717, 1.165) is 0 Å². The van der Waals surface area contributed by atoms with Crippen LogP contribution >= 0.6 is 0 Å². The first-order chi connectivity index (χ1) is 9.37. The third-order valence-electron chi connectivity index (χ3n) is 2.74. The Labute approximate surface area is 192 Å². The zero-order valence-electron chi connectivity index (χ0n) is 15.0. The third-order valence-corrected chi connectivity index (χ3v) is 2.74. The van der Waals surface area contributed by atoms with Gasteiger partial charge >= 0.3 is 75.4 Å². The molecule has 120 valence electrons. The van der Waals surface area contributed by atoms with Crippen molar-refractivity contribution in [2.75, 3.05) is 0 Å². The molecular weight excluding hydrogens is 316 g/mol. The minimum atomic E-state index is -2.07. The molecule has 10 nitrogen and oxygen atoms in total. The van der Waals surface area contributed by atoms with Gasteiger partial charge in [-0.3, -0.25) is 0 Å². The van der Waals surface area contributed by atoms with Crippen LogP contribution in [-0.2, 0) is 19.2 Å². The van der Waals surface area contributed by atoms with E-state index < -0.39 is 67.1 Å². The van der Waals surface area contributed by atoms with Crippen molar-refractivity contribution in [1.82, 2.24) is 0 Å².